The van der Waals surface area contributed by atoms with Crippen LogP contribution < -0.4 is 10.1 Å². The molecule has 0 aliphatic carbocycles. The van der Waals surface area contributed by atoms with Crippen molar-refractivity contribution in [2.75, 3.05) is 45.3 Å². The van der Waals surface area contributed by atoms with Crippen LogP contribution in [0.2, 0.25) is 0 Å². The Morgan fingerprint density at radius 3 is 2.83 bits per heavy atom. The van der Waals surface area contributed by atoms with Crippen molar-refractivity contribution < 1.29 is 14.3 Å². The first-order chi connectivity index (χ1) is 17.7. The van der Waals surface area contributed by atoms with Crippen LogP contribution in [0.4, 0.5) is 11.5 Å². The van der Waals surface area contributed by atoms with Gasteiger partial charge < -0.3 is 14.8 Å². The predicted molar refractivity (Wildman–Crippen MR) is 143 cm³/mol. The molecule has 2 heterocycles. The number of hydrogen-bond donors (Lipinski definition) is 1. The second kappa shape index (κ2) is 12.8. The van der Waals surface area contributed by atoms with Gasteiger partial charge in [-0.2, -0.15) is 0 Å². The van der Waals surface area contributed by atoms with Crippen molar-refractivity contribution in [3.63, 3.8) is 0 Å². The molecule has 0 amide bonds. The van der Waals surface area contributed by atoms with E-state index in [1.54, 1.807) is 13.2 Å². The number of fused-ring (bicyclic) bond motifs is 1. The van der Waals surface area contributed by atoms with Gasteiger partial charge in [-0.1, -0.05) is 24.5 Å². The quantitative estimate of drug-likeness (QED) is 0.243. The molecular formula is C29H32N4O3. The zero-order valence-electron chi connectivity index (χ0n) is 20.7. The summed E-state index contributed by atoms with van der Waals surface area (Å²) in [5.74, 6) is 3.92. The fourth-order valence-electron chi connectivity index (χ4n) is 4.28. The molecule has 186 valence electrons. The number of ketones is 1. The Balaban J connectivity index is 1.58. The molecule has 1 N–H and O–H groups in total. The van der Waals surface area contributed by atoms with Gasteiger partial charge in [0.15, 0.2) is 5.78 Å². The molecule has 7 heteroatoms. The second-order valence-electron chi connectivity index (χ2n) is 8.80. The van der Waals surface area contributed by atoms with Crippen LogP contribution in [0.5, 0.6) is 5.75 Å². The molecule has 1 aliphatic heterocycles. The fourth-order valence-corrected chi connectivity index (χ4v) is 4.28. The number of likely N-dealkylation sites (tertiary alicyclic amines) is 1. The van der Waals surface area contributed by atoms with Gasteiger partial charge in [0.05, 0.1) is 12.1 Å². The van der Waals surface area contributed by atoms with Gasteiger partial charge in [0.25, 0.3) is 0 Å². The standard InChI is InChI=1S/C29H32N4O3/c1-3-22-9-7-10-24(17-22)32-29-26-19-23(18-25(34)11-8-14-33-12-5-4-6-13-33)28(36-16-15-35-2)20-27(26)30-21-31-29/h1,7-11,17,19-21H,4-6,12-16,18H2,2H3,(H,30,31,32)/b11-8+. The number of benzene rings is 2. The molecule has 1 saturated heterocycles. The number of anilines is 2. The predicted octanol–water partition coefficient (Wildman–Crippen LogP) is 4.53. The molecule has 0 spiro atoms. The molecule has 1 aliphatic rings. The van der Waals surface area contributed by atoms with Crippen molar-refractivity contribution >= 4 is 28.2 Å². The van der Waals surface area contributed by atoms with E-state index in [1.165, 1.54) is 25.6 Å². The van der Waals surface area contributed by atoms with Crippen LogP contribution >= 0.6 is 0 Å². The molecule has 0 bridgehead atoms. The number of hydrogen-bond acceptors (Lipinski definition) is 7. The SMILES string of the molecule is C#Cc1cccc(Nc2ncnc3cc(OCCOC)c(CC(=O)/C=C/CN4CCCCC4)cc23)c1. The molecule has 0 unspecified atom stereocenters. The number of rotatable bonds is 11. The van der Waals surface area contributed by atoms with E-state index in [9.17, 15) is 4.79 Å². The summed E-state index contributed by atoms with van der Waals surface area (Å²) in [6.07, 6.45) is 14.7. The van der Waals surface area contributed by atoms with Gasteiger partial charge in [-0.3, -0.25) is 9.69 Å². The van der Waals surface area contributed by atoms with Crippen LogP contribution in [0.15, 0.2) is 54.9 Å². The number of ether oxygens (including phenoxy) is 2. The van der Waals surface area contributed by atoms with Gasteiger partial charge in [0.1, 0.15) is 24.5 Å². The average molecular weight is 485 g/mol. The van der Waals surface area contributed by atoms with Crippen LogP contribution in [-0.4, -0.2) is 60.6 Å². The highest BCUT2D eigenvalue weighted by Gasteiger charge is 2.14. The number of allylic oxidation sites excluding steroid dienone is 1. The summed E-state index contributed by atoms with van der Waals surface area (Å²) in [7, 11) is 1.63. The maximum absolute atomic E-state index is 12.9. The second-order valence-corrected chi connectivity index (χ2v) is 8.80. The zero-order chi connectivity index (χ0) is 25.2. The first-order valence-electron chi connectivity index (χ1n) is 12.3. The molecule has 1 fully saturated rings. The lowest BCUT2D eigenvalue weighted by molar-refractivity contribution is -0.114. The van der Waals surface area contributed by atoms with E-state index >= 15 is 0 Å². The highest BCUT2D eigenvalue weighted by molar-refractivity contribution is 5.96. The Labute approximate surface area is 212 Å². The fraction of sp³-hybridized carbons (Fsp3) is 0.345. The molecule has 4 rings (SSSR count). The van der Waals surface area contributed by atoms with Crippen molar-refractivity contribution in [1.82, 2.24) is 14.9 Å². The largest absolute Gasteiger partial charge is 0.491 e. The van der Waals surface area contributed by atoms with Gasteiger partial charge in [0, 0.05) is 48.3 Å². The number of piperidine rings is 1. The van der Waals surface area contributed by atoms with Gasteiger partial charge >= 0.3 is 0 Å². The van der Waals surface area contributed by atoms with E-state index in [0.717, 1.165) is 41.8 Å². The number of carbonyl (C=O) groups is 1. The van der Waals surface area contributed by atoms with Crippen molar-refractivity contribution in [1.29, 1.82) is 0 Å². The minimum Gasteiger partial charge on any atom is -0.491 e. The first-order valence-corrected chi connectivity index (χ1v) is 12.3. The molecular weight excluding hydrogens is 452 g/mol. The van der Waals surface area contributed by atoms with Gasteiger partial charge in [0.2, 0.25) is 0 Å². The molecule has 0 atom stereocenters. The van der Waals surface area contributed by atoms with Crippen molar-refractivity contribution in [2.24, 2.45) is 0 Å². The first kappa shape index (κ1) is 25.4. The summed E-state index contributed by atoms with van der Waals surface area (Å²) in [5, 5.41) is 4.13. The number of methoxy groups -OCH3 is 1. The third-order valence-corrected chi connectivity index (χ3v) is 6.14. The lowest BCUT2D eigenvalue weighted by Gasteiger charge is -2.24. The number of nitrogens with zero attached hydrogens (tertiary/aromatic N) is 3. The van der Waals surface area contributed by atoms with E-state index in [0.29, 0.717) is 30.3 Å². The zero-order valence-corrected chi connectivity index (χ0v) is 20.7. The Morgan fingerprint density at radius 2 is 2.03 bits per heavy atom. The van der Waals surface area contributed by atoms with Crippen LogP contribution in [0.25, 0.3) is 10.9 Å². The van der Waals surface area contributed by atoms with Crippen molar-refractivity contribution in [3.8, 4) is 18.1 Å². The Bertz CT molecular complexity index is 1260. The minimum atomic E-state index is 0.0241. The summed E-state index contributed by atoms with van der Waals surface area (Å²) in [6, 6.07) is 11.4. The molecule has 0 saturated carbocycles. The minimum absolute atomic E-state index is 0.0241. The summed E-state index contributed by atoms with van der Waals surface area (Å²) >= 11 is 0. The third kappa shape index (κ3) is 6.91. The Hall–Kier alpha value is -3.73. The smallest absolute Gasteiger partial charge is 0.159 e. The monoisotopic (exact) mass is 484 g/mol. The van der Waals surface area contributed by atoms with Gasteiger partial charge in [-0.15, -0.1) is 6.42 Å². The molecule has 3 aromatic rings. The number of nitrogens with one attached hydrogen (secondary N) is 1. The van der Waals surface area contributed by atoms with Crippen LogP contribution in [0, 0.1) is 12.3 Å². The van der Waals surface area contributed by atoms with E-state index < -0.39 is 0 Å². The van der Waals surface area contributed by atoms with E-state index in [4.69, 9.17) is 15.9 Å². The number of aromatic nitrogens is 2. The highest BCUT2D eigenvalue weighted by atomic mass is 16.5. The van der Waals surface area contributed by atoms with E-state index in [1.807, 2.05) is 42.5 Å². The third-order valence-electron chi connectivity index (χ3n) is 6.14. The molecule has 36 heavy (non-hydrogen) atoms. The number of carbonyl (C=O) groups excluding carboxylic acids is 1. The van der Waals surface area contributed by atoms with Crippen LogP contribution in [-0.2, 0) is 16.0 Å². The lowest BCUT2D eigenvalue weighted by Crippen LogP contribution is -2.29. The molecule has 0 radical (unpaired) electrons. The van der Waals surface area contributed by atoms with Crippen LogP contribution in [0.1, 0.15) is 30.4 Å². The summed E-state index contributed by atoms with van der Waals surface area (Å²) in [4.78, 5) is 24.1. The number of terminal acetylenes is 1. The maximum atomic E-state index is 12.9. The molecule has 2 aromatic carbocycles. The van der Waals surface area contributed by atoms with Crippen molar-refractivity contribution in [2.45, 2.75) is 25.7 Å². The Morgan fingerprint density at radius 1 is 1.17 bits per heavy atom. The summed E-state index contributed by atoms with van der Waals surface area (Å²) in [5.41, 5.74) is 3.09. The van der Waals surface area contributed by atoms with E-state index in [-0.39, 0.29) is 12.2 Å². The lowest BCUT2D eigenvalue weighted by atomic mass is 10.0. The summed E-state index contributed by atoms with van der Waals surface area (Å²) < 4.78 is 11.1. The van der Waals surface area contributed by atoms with Crippen LogP contribution in [0.3, 0.4) is 0 Å². The Kier molecular flexibility index (Phi) is 9.03. The topological polar surface area (TPSA) is 76.6 Å². The van der Waals surface area contributed by atoms with E-state index in [2.05, 4.69) is 26.1 Å². The molecule has 7 nitrogen and oxygen atoms in total. The normalized spacial score (nSPS) is 14.1. The highest BCUT2D eigenvalue weighted by Crippen LogP contribution is 2.30. The van der Waals surface area contributed by atoms with Crippen molar-refractivity contribution in [3.05, 3.63) is 66.0 Å². The maximum Gasteiger partial charge on any atom is 0.159 e. The summed E-state index contributed by atoms with van der Waals surface area (Å²) in [6.45, 7) is 3.83. The van der Waals surface area contributed by atoms with Gasteiger partial charge in [-0.25, -0.2) is 9.97 Å². The molecule has 1 aromatic heterocycles. The van der Waals surface area contributed by atoms with Gasteiger partial charge in [-0.05, 0) is 56.3 Å². The average Bonchev–Trinajstić information content (AvgIpc) is 2.90.